The Hall–Kier alpha value is -2.70. The SMILES string of the molecule is COc1ccc(N(C)N=O)c(C2=CC(=O)N(C)C2=O)c1. The first kappa shape index (κ1) is 13.7. The first-order valence-corrected chi connectivity index (χ1v) is 5.78. The van der Waals surface area contributed by atoms with Crippen LogP contribution in [-0.4, -0.2) is 37.9 Å². The summed E-state index contributed by atoms with van der Waals surface area (Å²) in [5.41, 5.74) is 1.06. The lowest BCUT2D eigenvalue weighted by Gasteiger charge is -2.16. The van der Waals surface area contributed by atoms with Gasteiger partial charge < -0.3 is 4.74 Å². The fourth-order valence-corrected chi connectivity index (χ4v) is 1.94. The van der Waals surface area contributed by atoms with Crippen LogP contribution in [0.2, 0.25) is 0 Å². The Kier molecular flexibility index (Phi) is 3.51. The fourth-order valence-electron chi connectivity index (χ4n) is 1.94. The van der Waals surface area contributed by atoms with Gasteiger partial charge in [0.2, 0.25) is 0 Å². The molecule has 0 bridgehead atoms. The normalized spacial score (nSPS) is 14.3. The largest absolute Gasteiger partial charge is 0.497 e. The summed E-state index contributed by atoms with van der Waals surface area (Å²) < 4.78 is 5.11. The number of anilines is 1. The van der Waals surface area contributed by atoms with Crippen LogP contribution < -0.4 is 9.75 Å². The standard InChI is InChI=1S/C13H13N3O4/c1-15-12(17)7-10(13(15)18)9-6-8(20-3)4-5-11(9)16(2)14-19/h4-7H,1-3H3. The van der Waals surface area contributed by atoms with Gasteiger partial charge in [0, 0.05) is 25.7 Å². The molecule has 2 rings (SSSR count). The highest BCUT2D eigenvalue weighted by atomic mass is 16.5. The second-order valence-corrected chi connectivity index (χ2v) is 4.25. The number of carbonyl (C=O) groups is 2. The minimum absolute atomic E-state index is 0.210. The fraction of sp³-hybridized carbons (Fsp3) is 0.231. The molecular weight excluding hydrogens is 262 g/mol. The van der Waals surface area contributed by atoms with E-state index < -0.39 is 11.8 Å². The van der Waals surface area contributed by atoms with Crippen LogP contribution in [0.1, 0.15) is 5.56 Å². The first-order valence-electron chi connectivity index (χ1n) is 5.78. The zero-order valence-electron chi connectivity index (χ0n) is 11.3. The van der Waals surface area contributed by atoms with Crippen molar-refractivity contribution in [2.24, 2.45) is 5.29 Å². The van der Waals surface area contributed by atoms with Crippen molar-refractivity contribution in [3.8, 4) is 5.75 Å². The van der Waals surface area contributed by atoms with Crippen LogP contribution in [0.4, 0.5) is 5.69 Å². The van der Waals surface area contributed by atoms with Crippen LogP contribution in [0.25, 0.3) is 5.57 Å². The summed E-state index contributed by atoms with van der Waals surface area (Å²) >= 11 is 0. The van der Waals surface area contributed by atoms with Gasteiger partial charge in [0.25, 0.3) is 11.8 Å². The van der Waals surface area contributed by atoms with Crippen LogP contribution >= 0.6 is 0 Å². The molecule has 0 saturated heterocycles. The number of rotatable bonds is 4. The topological polar surface area (TPSA) is 79.3 Å². The predicted molar refractivity (Wildman–Crippen MR) is 72.9 cm³/mol. The van der Waals surface area contributed by atoms with Crippen molar-refractivity contribution in [1.82, 2.24) is 4.90 Å². The number of nitroso groups, excluding NO2 is 1. The molecule has 1 aromatic carbocycles. The maximum absolute atomic E-state index is 12.0. The third-order valence-corrected chi connectivity index (χ3v) is 3.10. The van der Waals surface area contributed by atoms with E-state index in [9.17, 15) is 14.5 Å². The molecule has 104 valence electrons. The number of amides is 2. The van der Waals surface area contributed by atoms with Crippen LogP contribution in [0, 0.1) is 4.91 Å². The zero-order valence-corrected chi connectivity index (χ0v) is 11.3. The number of nitrogens with zero attached hydrogens (tertiary/aromatic N) is 3. The number of carbonyl (C=O) groups excluding carboxylic acids is 2. The molecule has 7 nitrogen and oxygen atoms in total. The smallest absolute Gasteiger partial charge is 0.261 e. The van der Waals surface area contributed by atoms with E-state index in [0.717, 1.165) is 9.91 Å². The monoisotopic (exact) mass is 275 g/mol. The molecule has 0 N–H and O–H groups in total. The highest BCUT2D eigenvalue weighted by Crippen LogP contribution is 2.33. The molecule has 0 aliphatic carbocycles. The maximum atomic E-state index is 12.0. The molecule has 0 saturated carbocycles. The number of imide groups is 1. The van der Waals surface area contributed by atoms with Gasteiger partial charge in [-0.1, -0.05) is 0 Å². The number of methoxy groups -OCH3 is 1. The summed E-state index contributed by atoms with van der Waals surface area (Å²) in [5, 5.41) is 3.90. The first-order chi connectivity index (χ1) is 9.49. The van der Waals surface area contributed by atoms with E-state index in [1.807, 2.05) is 0 Å². The minimum atomic E-state index is -0.427. The molecule has 0 atom stereocenters. The Balaban J connectivity index is 2.60. The lowest BCUT2D eigenvalue weighted by Crippen LogP contribution is -2.26. The molecule has 1 aliphatic rings. The van der Waals surface area contributed by atoms with Crippen LogP contribution in [0.5, 0.6) is 5.75 Å². The Morgan fingerprint density at radius 1 is 1.30 bits per heavy atom. The van der Waals surface area contributed by atoms with E-state index in [2.05, 4.69) is 5.29 Å². The maximum Gasteiger partial charge on any atom is 0.261 e. The van der Waals surface area contributed by atoms with E-state index in [0.29, 0.717) is 17.0 Å². The van der Waals surface area contributed by atoms with Crippen molar-refractivity contribution in [3.63, 3.8) is 0 Å². The molecule has 1 aliphatic heterocycles. The average Bonchev–Trinajstić information content (AvgIpc) is 2.73. The van der Waals surface area contributed by atoms with E-state index >= 15 is 0 Å². The van der Waals surface area contributed by atoms with Gasteiger partial charge in [-0.2, -0.15) is 0 Å². The molecular formula is C13H13N3O4. The summed E-state index contributed by atoms with van der Waals surface area (Å²) in [6, 6.07) is 4.84. The lowest BCUT2D eigenvalue weighted by molar-refractivity contribution is -0.134. The summed E-state index contributed by atoms with van der Waals surface area (Å²) in [6.45, 7) is 0. The van der Waals surface area contributed by atoms with Gasteiger partial charge >= 0.3 is 0 Å². The second-order valence-electron chi connectivity index (χ2n) is 4.25. The molecule has 2 amide bonds. The second kappa shape index (κ2) is 5.12. The summed E-state index contributed by atoms with van der Waals surface area (Å²) in [6.07, 6.45) is 1.24. The average molecular weight is 275 g/mol. The molecule has 0 spiro atoms. The Bertz CT molecular complexity index is 624. The van der Waals surface area contributed by atoms with Crippen molar-refractivity contribution in [3.05, 3.63) is 34.7 Å². The summed E-state index contributed by atoms with van der Waals surface area (Å²) in [4.78, 5) is 35.3. The summed E-state index contributed by atoms with van der Waals surface area (Å²) in [7, 11) is 4.35. The van der Waals surface area contributed by atoms with Crippen molar-refractivity contribution in [2.45, 2.75) is 0 Å². The van der Waals surface area contributed by atoms with Gasteiger partial charge in [0.15, 0.2) is 0 Å². The molecule has 0 aromatic heterocycles. The number of benzene rings is 1. The van der Waals surface area contributed by atoms with Crippen LogP contribution in [-0.2, 0) is 9.59 Å². The molecule has 0 radical (unpaired) electrons. The molecule has 0 fully saturated rings. The highest BCUT2D eigenvalue weighted by Gasteiger charge is 2.30. The quantitative estimate of drug-likeness (QED) is 0.468. The third-order valence-electron chi connectivity index (χ3n) is 3.10. The Labute approximate surface area is 115 Å². The Morgan fingerprint density at radius 3 is 2.50 bits per heavy atom. The van der Waals surface area contributed by atoms with Gasteiger partial charge in [-0.25, -0.2) is 5.01 Å². The molecule has 1 aromatic rings. The minimum Gasteiger partial charge on any atom is -0.497 e. The predicted octanol–water partition coefficient (Wildman–Crippen LogP) is 1.19. The lowest BCUT2D eigenvalue weighted by atomic mass is 10.0. The molecule has 20 heavy (non-hydrogen) atoms. The van der Waals surface area contributed by atoms with Gasteiger partial charge in [0.1, 0.15) is 5.75 Å². The molecule has 0 unspecified atom stereocenters. The third kappa shape index (κ3) is 2.13. The van der Waals surface area contributed by atoms with Crippen LogP contribution in [0.3, 0.4) is 0 Å². The molecule has 7 heteroatoms. The van der Waals surface area contributed by atoms with E-state index in [1.165, 1.54) is 27.3 Å². The Morgan fingerprint density at radius 2 is 2.00 bits per heavy atom. The number of ether oxygens (including phenoxy) is 1. The van der Waals surface area contributed by atoms with Gasteiger partial charge in [0.05, 0.1) is 23.7 Å². The van der Waals surface area contributed by atoms with E-state index in [4.69, 9.17) is 4.74 Å². The summed E-state index contributed by atoms with van der Waals surface area (Å²) in [5.74, 6) is -0.317. The van der Waals surface area contributed by atoms with Crippen molar-refractivity contribution >= 4 is 23.1 Å². The van der Waals surface area contributed by atoms with Crippen molar-refractivity contribution in [1.29, 1.82) is 0 Å². The number of hydrogen-bond acceptors (Lipinski definition) is 5. The van der Waals surface area contributed by atoms with Crippen LogP contribution in [0.15, 0.2) is 29.6 Å². The van der Waals surface area contributed by atoms with Crippen molar-refractivity contribution in [2.75, 3.05) is 26.2 Å². The van der Waals surface area contributed by atoms with Gasteiger partial charge in [-0.3, -0.25) is 14.5 Å². The highest BCUT2D eigenvalue weighted by molar-refractivity contribution is 6.34. The number of hydrogen-bond donors (Lipinski definition) is 0. The van der Waals surface area contributed by atoms with E-state index in [1.54, 1.807) is 18.2 Å². The van der Waals surface area contributed by atoms with Crippen molar-refractivity contribution < 1.29 is 14.3 Å². The zero-order chi connectivity index (χ0) is 14.9. The number of likely N-dealkylation sites (N-methyl/N-ethyl adjacent to an activating group) is 1. The van der Waals surface area contributed by atoms with Gasteiger partial charge in [-0.05, 0) is 18.2 Å². The van der Waals surface area contributed by atoms with E-state index in [-0.39, 0.29) is 5.57 Å². The molecule has 1 heterocycles. The van der Waals surface area contributed by atoms with Gasteiger partial charge in [-0.15, -0.1) is 4.91 Å².